The number of hydrogen-bond acceptors (Lipinski definition) is 4. The van der Waals surface area contributed by atoms with Crippen LogP contribution in [0.3, 0.4) is 0 Å². The number of rotatable bonds is 6. The minimum Gasteiger partial charge on any atom is -0.351 e. The van der Waals surface area contributed by atoms with E-state index in [0.717, 1.165) is 22.5 Å². The normalized spacial score (nSPS) is 11.8. The second-order valence-electron chi connectivity index (χ2n) is 6.11. The van der Waals surface area contributed by atoms with Crippen molar-refractivity contribution in [1.82, 2.24) is 15.3 Å². The van der Waals surface area contributed by atoms with Gasteiger partial charge in [0, 0.05) is 22.8 Å². The molecule has 2 aromatic carbocycles. The monoisotopic (exact) mass is 397 g/mol. The van der Waals surface area contributed by atoms with Gasteiger partial charge in [-0.05, 0) is 31.5 Å². The minimum absolute atomic E-state index is 0.0775. The van der Waals surface area contributed by atoms with E-state index in [1.807, 2.05) is 74.5 Å². The van der Waals surface area contributed by atoms with Crippen LogP contribution in [0, 0.1) is 6.92 Å². The number of nitrogens with zero attached hydrogens (tertiary/aromatic N) is 2. The number of carbonyl (C=O) groups excluding carboxylic acids is 1. The summed E-state index contributed by atoms with van der Waals surface area (Å²) in [6.45, 7) is 4.17. The summed E-state index contributed by atoms with van der Waals surface area (Å²) in [5.41, 5.74) is 3.65. The lowest BCUT2D eigenvalue weighted by Gasteiger charge is -2.13. The van der Waals surface area contributed by atoms with Gasteiger partial charge in [-0.1, -0.05) is 71.9 Å². The molecule has 1 N–H and O–H groups in total. The highest BCUT2D eigenvalue weighted by Crippen LogP contribution is 2.24. The molecular weight excluding hydrogens is 378 g/mol. The van der Waals surface area contributed by atoms with E-state index in [0.29, 0.717) is 16.7 Å². The number of hydrogen-bond donors (Lipinski definition) is 1. The molecule has 0 saturated carbocycles. The van der Waals surface area contributed by atoms with Crippen molar-refractivity contribution in [2.24, 2.45) is 0 Å². The maximum atomic E-state index is 12.4. The first-order valence-electron chi connectivity index (χ1n) is 8.62. The molecule has 1 amide bonds. The molecule has 3 rings (SSSR count). The smallest absolute Gasteiger partial charge is 0.233 e. The van der Waals surface area contributed by atoms with Crippen LogP contribution in [-0.2, 0) is 11.3 Å². The number of carbonyl (C=O) groups is 1. The zero-order valence-corrected chi connectivity index (χ0v) is 16.7. The SMILES string of the molecule is Cc1cc(-c2ccccc2)nc(S[C@@H](C)C(=O)NCc2ccccc2Cl)n1. The number of aryl methyl sites for hydroxylation is 1. The van der Waals surface area contributed by atoms with E-state index < -0.39 is 0 Å². The van der Waals surface area contributed by atoms with Gasteiger partial charge >= 0.3 is 0 Å². The van der Waals surface area contributed by atoms with Crippen molar-refractivity contribution in [1.29, 1.82) is 0 Å². The Morgan fingerprint density at radius 1 is 1.11 bits per heavy atom. The summed E-state index contributed by atoms with van der Waals surface area (Å²) in [5, 5.41) is 3.84. The van der Waals surface area contributed by atoms with Crippen LogP contribution in [0.4, 0.5) is 0 Å². The number of thioether (sulfide) groups is 1. The van der Waals surface area contributed by atoms with E-state index >= 15 is 0 Å². The highest BCUT2D eigenvalue weighted by atomic mass is 35.5. The maximum absolute atomic E-state index is 12.4. The molecule has 138 valence electrons. The number of amides is 1. The molecule has 4 nitrogen and oxygen atoms in total. The average Bonchev–Trinajstić information content (AvgIpc) is 2.67. The average molecular weight is 398 g/mol. The lowest BCUT2D eigenvalue weighted by atomic mass is 10.1. The lowest BCUT2D eigenvalue weighted by molar-refractivity contribution is -0.120. The first-order valence-corrected chi connectivity index (χ1v) is 9.87. The van der Waals surface area contributed by atoms with Crippen LogP contribution in [0.5, 0.6) is 0 Å². The van der Waals surface area contributed by atoms with Gasteiger partial charge in [-0.3, -0.25) is 4.79 Å². The zero-order chi connectivity index (χ0) is 19.2. The molecule has 0 aliphatic heterocycles. The van der Waals surface area contributed by atoms with Gasteiger partial charge in [0.15, 0.2) is 5.16 Å². The molecule has 0 aliphatic rings. The summed E-state index contributed by atoms with van der Waals surface area (Å²) in [7, 11) is 0. The van der Waals surface area contributed by atoms with E-state index in [1.54, 1.807) is 0 Å². The van der Waals surface area contributed by atoms with Crippen molar-refractivity contribution in [2.75, 3.05) is 0 Å². The third-order valence-electron chi connectivity index (χ3n) is 3.97. The third-order valence-corrected chi connectivity index (χ3v) is 5.30. The zero-order valence-electron chi connectivity index (χ0n) is 15.1. The van der Waals surface area contributed by atoms with Gasteiger partial charge < -0.3 is 5.32 Å². The molecule has 0 bridgehead atoms. The highest BCUT2D eigenvalue weighted by Gasteiger charge is 2.17. The van der Waals surface area contributed by atoms with Gasteiger partial charge in [0.05, 0.1) is 10.9 Å². The summed E-state index contributed by atoms with van der Waals surface area (Å²) in [6.07, 6.45) is 0. The number of aromatic nitrogens is 2. The van der Waals surface area contributed by atoms with Crippen molar-refractivity contribution in [2.45, 2.75) is 30.8 Å². The van der Waals surface area contributed by atoms with Crippen molar-refractivity contribution >= 4 is 29.3 Å². The molecule has 1 atom stereocenters. The first-order chi connectivity index (χ1) is 13.0. The second kappa shape index (κ2) is 9.02. The summed E-state index contributed by atoms with van der Waals surface area (Å²) in [4.78, 5) is 21.5. The van der Waals surface area contributed by atoms with Crippen molar-refractivity contribution in [3.05, 3.63) is 76.9 Å². The van der Waals surface area contributed by atoms with Crippen molar-refractivity contribution in [3.63, 3.8) is 0 Å². The Balaban J connectivity index is 1.66. The van der Waals surface area contributed by atoms with Crippen LogP contribution in [0.25, 0.3) is 11.3 Å². The highest BCUT2D eigenvalue weighted by molar-refractivity contribution is 8.00. The van der Waals surface area contributed by atoms with Crippen molar-refractivity contribution in [3.8, 4) is 11.3 Å². The fourth-order valence-corrected chi connectivity index (χ4v) is 3.59. The quantitative estimate of drug-likeness (QED) is 0.474. The van der Waals surface area contributed by atoms with Crippen LogP contribution >= 0.6 is 23.4 Å². The molecule has 27 heavy (non-hydrogen) atoms. The van der Waals surface area contributed by atoms with Crippen LogP contribution < -0.4 is 5.32 Å². The molecule has 0 radical (unpaired) electrons. The van der Waals surface area contributed by atoms with Gasteiger partial charge in [-0.25, -0.2) is 9.97 Å². The predicted molar refractivity (Wildman–Crippen MR) is 111 cm³/mol. The maximum Gasteiger partial charge on any atom is 0.233 e. The summed E-state index contributed by atoms with van der Waals surface area (Å²) < 4.78 is 0. The number of nitrogens with one attached hydrogen (secondary N) is 1. The Morgan fingerprint density at radius 3 is 2.56 bits per heavy atom. The fourth-order valence-electron chi connectivity index (χ4n) is 2.53. The molecule has 1 heterocycles. The van der Waals surface area contributed by atoms with Gasteiger partial charge in [-0.15, -0.1) is 0 Å². The Labute approximate surface area is 168 Å². The second-order valence-corrected chi connectivity index (χ2v) is 7.83. The van der Waals surface area contributed by atoms with Crippen LogP contribution in [0.15, 0.2) is 65.8 Å². The number of benzene rings is 2. The van der Waals surface area contributed by atoms with Crippen LogP contribution in [-0.4, -0.2) is 21.1 Å². The van der Waals surface area contributed by atoms with Gasteiger partial charge in [0.2, 0.25) is 5.91 Å². The summed E-state index contributed by atoms with van der Waals surface area (Å²) in [6, 6.07) is 19.4. The van der Waals surface area contributed by atoms with Crippen molar-refractivity contribution < 1.29 is 4.79 Å². The molecule has 3 aromatic rings. The van der Waals surface area contributed by atoms with Gasteiger partial charge in [0.1, 0.15) is 0 Å². The van der Waals surface area contributed by atoms with E-state index in [2.05, 4.69) is 15.3 Å². The van der Waals surface area contributed by atoms with Gasteiger partial charge in [-0.2, -0.15) is 0 Å². The molecule has 0 unspecified atom stereocenters. The van der Waals surface area contributed by atoms with Crippen LogP contribution in [0.1, 0.15) is 18.2 Å². The molecule has 0 saturated heterocycles. The Bertz CT molecular complexity index is 934. The third kappa shape index (κ3) is 5.31. The standard InChI is InChI=1S/C21H20ClN3OS/c1-14-12-19(16-8-4-3-5-9-16)25-21(24-14)27-15(2)20(26)23-13-17-10-6-7-11-18(17)22/h3-12,15H,13H2,1-2H3,(H,23,26)/t15-/m0/s1. The minimum atomic E-state index is -0.321. The Hall–Kier alpha value is -2.37. The molecule has 1 aromatic heterocycles. The Kier molecular flexibility index (Phi) is 6.48. The summed E-state index contributed by atoms with van der Waals surface area (Å²) >= 11 is 7.48. The van der Waals surface area contributed by atoms with E-state index in [9.17, 15) is 4.79 Å². The van der Waals surface area contributed by atoms with E-state index in [-0.39, 0.29) is 11.2 Å². The first kappa shape index (κ1) is 19.4. The van der Waals surface area contributed by atoms with Crippen LogP contribution in [0.2, 0.25) is 5.02 Å². The summed E-state index contributed by atoms with van der Waals surface area (Å²) in [5.74, 6) is -0.0775. The topological polar surface area (TPSA) is 54.9 Å². The molecule has 0 spiro atoms. The predicted octanol–water partition coefficient (Wildman–Crippen LogP) is 4.90. The Morgan fingerprint density at radius 2 is 1.81 bits per heavy atom. The van der Waals surface area contributed by atoms with E-state index in [4.69, 9.17) is 11.6 Å². The largest absolute Gasteiger partial charge is 0.351 e. The lowest BCUT2D eigenvalue weighted by Crippen LogP contribution is -2.30. The molecular formula is C21H20ClN3OS. The molecule has 0 aliphatic carbocycles. The molecule has 0 fully saturated rings. The van der Waals surface area contributed by atoms with Gasteiger partial charge in [0.25, 0.3) is 0 Å². The molecule has 6 heteroatoms. The number of halogens is 1. The van der Waals surface area contributed by atoms with E-state index in [1.165, 1.54) is 11.8 Å². The fraction of sp³-hybridized carbons (Fsp3) is 0.190.